The molecule has 0 radical (unpaired) electrons. The van der Waals surface area contributed by atoms with Crippen LogP contribution in [0.4, 0.5) is 0 Å². The van der Waals surface area contributed by atoms with Crippen LogP contribution in [0.1, 0.15) is 32.1 Å². The molecule has 0 aromatic heterocycles. The molecule has 0 saturated heterocycles. The summed E-state index contributed by atoms with van der Waals surface area (Å²) in [6, 6.07) is 0. The molecule has 1 aliphatic heterocycles. The molecule has 0 bridgehead atoms. The molecule has 1 rings (SSSR count). The van der Waals surface area contributed by atoms with Crippen molar-refractivity contribution in [3.8, 4) is 0 Å². The Labute approximate surface area is 67.2 Å². The number of ether oxygens (including phenoxy) is 1. The zero-order chi connectivity index (χ0) is 7.94. The summed E-state index contributed by atoms with van der Waals surface area (Å²) in [5.41, 5.74) is 0. The van der Waals surface area contributed by atoms with Gasteiger partial charge in [0.05, 0.1) is 6.61 Å². The van der Waals surface area contributed by atoms with Crippen molar-refractivity contribution < 1.29 is 9.53 Å². The first-order valence-electron chi connectivity index (χ1n) is 4.20. The highest BCUT2D eigenvalue weighted by molar-refractivity contribution is 5.69. The molecular weight excluding hydrogens is 140 g/mol. The van der Waals surface area contributed by atoms with E-state index in [1.165, 1.54) is 0 Å². The maximum absolute atomic E-state index is 10.9. The lowest BCUT2D eigenvalue weighted by Gasteiger charge is -2.04. The van der Waals surface area contributed by atoms with Crippen molar-refractivity contribution in [1.82, 2.24) is 0 Å². The van der Waals surface area contributed by atoms with Gasteiger partial charge in [0.15, 0.2) is 0 Å². The Morgan fingerprint density at radius 3 is 2.91 bits per heavy atom. The minimum Gasteiger partial charge on any atom is -0.465 e. The third-order valence-electron chi connectivity index (χ3n) is 1.72. The molecule has 0 saturated carbocycles. The molecular formula is C9H14O2. The number of hydrogen-bond acceptors (Lipinski definition) is 2. The van der Waals surface area contributed by atoms with E-state index in [4.69, 9.17) is 4.74 Å². The van der Waals surface area contributed by atoms with Gasteiger partial charge in [-0.1, -0.05) is 12.2 Å². The summed E-state index contributed by atoms with van der Waals surface area (Å²) >= 11 is 0. The molecule has 1 aliphatic rings. The van der Waals surface area contributed by atoms with Crippen LogP contribution in [0, 0.1) is 0 Å². The molecule has 62 valence electrons. The number of cyclic esters (lactones) is 1. The van der Waals surface area contributed by atoms with Crippen molar-refractivity contribution in [2.24, 2.45) is 0 Å². The number of rotatable bonds is 0. The van der Waals surface area contributed by atoms with Crippen LogP contribution in [-0.2, 0) is 9.53 Å². The van der Waals surface area contributed by atoms with Gasteiger partial charge in [0, 0.05) is 6.42 Å². The maximum Gasteiger partial charge on any atom is 0.305 e. The van der Waals surface area contributed by atoms with E-state index in [1.54, 1.807) is 0 Å². The third kappa shape index (κ3) is 3.81. The summed E-state index contributed by atoms with van der Waals surface area (Å²) in [5, 5.41) is 0. The lowest BCUT2D eigenvalue weighted by atomic mass is 10.1. The number of carbonyl (C=O) groups excluding carboxylic acids is 1. The average molecular weight is 154 g/mol. The number of allylic oxidation sites excluding steroid dienone is 1. The topological polar surface area (TPSA) is 26.3 Å². The van der Waals surface area contributed by atoms with Crippen LogP contribution in [0.15, 0.2) is 12.2 Å². The first-order valence-corrected chi connectivity index (χ1v) is 4.20. The van der Waals surface area contributed by atoms with Gasteiger partial charge in [0.25, 0.3) is 0 Å². The van der Waals surface area contributed by atoms with Crippen molar-refractivity contribution in [2.75, 3.05) is 6.61 Å². The second kappa shape index (κ2) is 4.94. The normalized spacial score (nSPS) is 23.8. The van der Waals surface area contributed by atoms with Gasteiger partial charge in [-0.25, -0.2) is 0 Å². The molecule has 0 unspecified atom stereocenters. The van der Waals surface area contributed by atoms with Crippen LogP contribution in [0.3, 0.4) is 0 Å². The Morgan fingerprint density at radius 2 is 2.00 bits per heavy atom. The van der Waals surface area contributed by atoms with E-state index in [1.807, 2.05) is 0 Å². The molecule has 0 atom stereocenters. The molecule has 0 aromatic rings. The number of esters is 1. The van der Waals surface area contributed by atoms with Crippen molar-refractivity contribution in [3.05, 3.63) is 12.2 Å². The van der Waals surface area contributed by atoms with E-state index >= 15 is 0 Å². The Kier molecular flexibility index (Phi) is 3.73. The summed E-state index contributed by atoms with van der Waals surface area (Å²) < 4.78 is 4.93. The smallest absolute Gasteiger partial charge is 0.305 e. The van der Waals surface area contributed by atoms with Crippen LogP contribution < -0.4 is 0 Å². The summed E-state index contributed by atoms with van der Waals surface area (Å²) in [4.78, 5) is 10.9. The van der Waals surface area contributed by atoms with E-state index in [0.717, 1.165) is 25.7 Å². The van der Waals surface area contributed by atoms with E-state index in [-0.39, 0.29) is 5.97 Å². The molecule has 0 spiro atoms. The van der Waals surface area contributed by atoms with Gasteiger partial charge in [-0.3, -0.25) is 4.79 Å². The van der Waals surface area contributed by atoms with Gasteiger partial charge in [0.2, 0.25) is 0 Å². The minimum absolute atomic E-state index is 0.0414. The van der Waals surface area contributed by atoms with E-state index in [0.29, 0.717) is 13.0 Å². The Morgan fingerprint density at radius 1 is 1.18 bits per heavy atom. The van der Waals surface area contributed by atoms with Crippen molar-refractivity contribution in [3.63, 3.8) is 0 Å². The highest BCUT2D eigenvalue weighted by atomic mass is 16.5. The highest BCUT2D eigenvalue weighted by Gasteiger charge is 2.01. The van der Waals surface area contributed by atoms with Crippen molar-refractivity contribution in [1.29, 1.82) is 0 Å². The first-order chi connectivity index (χ1) is 5.39. The fourth-order valence-corrected chi connectivity index (χ4v) is 1.08. The lowest BCUT2D eigenvalue weighted by Crippen LogP contribution is -2.05. The zero-order valence-corrected chi connectivity index (χ0v) is 6.71. The van der Waals surface area contributed by atoms with Gasteiger partial charge in [-0.15, -0.1) is 0 Å². The minimum atomic E-state index is -0.0414. The number of carbonyl (C=O) groups is 1. The predicted octanol–water partition coefficient (Wildman–Crippen LogP) is 2.05. The van der Waals surface area contributed by atoms with Gasteiger partial charge in [-0.2, -0.15) is 0 Å². The van der Waals surface area contributed by atoms with E-state index < -0.39 is 0 Å². The second-order valence-electron chi connectivity index (χ2n) is 2.73. The third-order valence-corrected chi connectivity index (χ3v) is 1.72. The van der Waals surface area contributed by atoms with Gasteiger partial charge >= 0.3 is 5.97 Å². The molecule has 0 aliphatic carbocycles. The van der Waals surface area contributed by atoms with Crippen LogP contribution in [0.25, 0.3) is 0 Å². The molecule has 2 nitrogen and oxygen atoms in total. The monoisotopic (exact) mass is 154 g/mol. The van der Waals surface area contributed by atoms with Gasteiger partial charge in [-0.05, 0) is 25.7 Å². The van der Waals surface area contributed by atoms with Crippen molar-refractivity contribution in [2.45, 2.75) is 32.1 Å². The average Bonchev–Trinajstić information content (AvgIpc) is 2.03. The molecule has 0 aromatic carbocycles. The van der Waals surface area contributed by atoms with Crippen LogP contribution >= 0.6 is 0 Å². The fourth-order valence-electron chi connectivity index (χ4n) is 1.08. The second-order valence-corrected chi connectivity index (χ2v) is 2.73. The Balaban J connectivity index is 2.28. The zero-order valence-electron chi connectivity index (χ0n) is 6.71. The first kappa shape index (κ1) is 8.31. The van der Waals surface area contributed by atoms with E-state index in [9.17, 15) is 4.79 Å². The maximum atomic E-state index is 10.9. The summed E-state index contributed by atoms with van der Waals surface area (Å²) in [7, 11) is 0. The van der Waals surface area contributed by atoms with Crippen LogP contribution in [0.2, 0.25) is 0 Å². The van der Waals surface area contributed by atoms with Crippen molar-refractivity contribution >= 4 is 5.97 Å². The molecule has 0 N–H and O–H groups in total. The summed E-state index contributed by atoms with van der Waals surface area (Å²) in [5.74, 6) is -0.0414. The largest absolute Gasteiger partial charge is 0.465 e. The van der Waals surface area contributed by atoms with Gasteiger partial charge < -0.3 is 4.74 Å². The molecule has 2 heteroatoms. The lowest BCUT2D eigenvalue weighted by molar-refractivity contribution is -0.143. The van der Waals surface area contributed by atoms with Gasteiger partial charge in [0.1, 0.15) is 0 Å². The molecule has 1 heterocycles. The number of hydrogen-bond donors (Lipinski definition) is 0. The highest BCUT2D eigenvalue weighted by Crippen LogP contribution is 2.04. The SMILES string of the molecule is O=C1CCCC/C=C\CCO1. The Bertz CT molecular complexity index is 150. The molecule has 11 heavy (non-hydrogen) atoms. The van der Waals surface area contributed by atoms with E-state index in [2.05, 4.69) is 12.2 Å². The summed E-state index contributed by atoms with van der Waals surface area (Å²) in [6.45, 7) is 0.551. The standard InChI is InChI=1S/C9H14O2/c10-9-7-5-3-1-2-4-6-8-11-9/h2,4H,1,3,5-8H2/b4-2-. The Hall–Kier alpha value is -0.790. The molecule has 0 fully saturated rings. The fraction of sp³-hybridized carbons (Fsp3) is 0.667. The van der Waals surface area contributed by atoms with Crippen LogP contribution in [-0.4, -0.2) is 12.6 Å². The molecule has 0 amide bonds. The quantitative estimate of drug-likeness (QED) is 0.394. The summed E-state index contributed by atoms with van der Waals surface area (Å²) in [6.07, 6.45) is 8.87. The predicted molar refractivity (Wildman–Crippen MR) is 43.2 cm³/mol. The van der Waals surface area contributed by atoms with Crippen LogP contribution in [0.5, 0.6) is 0 Å².